The summed E-state index contributed by atoms with van der Waals surface area (Å²) in [6, 6.07) is 13.6. The molecule has 1 aliphatic carbocycles. The van der Waals surface area contributed by atoms with Crippen molar-refractivity contribution in [2.75, 3.05) is 0 Å². The first kappa shape index (κ1) is 17.9. The molecule has 2 N–H and O–H groups in total. The molecule has 1 unspecified atom stereocenters. The van der Waals surface area contributed by atoms with Crippen molar-refractivity contribution in [1.82, 2.24) is 10.0 Å². The average molecular weight is 379 g/mol. The molecule has 1 atom stereocenters. The van der Waals surface area contributed by atoms with E-state index in [0.717, 1.165) is 18.4 Å². The lowest BCUT2D eigenvalue weighted by Gasteiger charge is -2.15. The van der Waals surface area contributed by atoms with Crippen LogP contribution in [0, 0.1) is 0 Å². The summed E-state index contributed by atoms with van der Waals surface area (Å²) in [6.45, 7) is 1.87. The number of amides is 1. The van der Waals surface area contributed by atoms with Crippen molar-refractivity contribution in [1.29, 1.82) is 0 Å². The first-order valence-corrected chi connectivity index (χ1v) is 9.90. The Morgan fingerprint density at radius 1 is 1.16 bits per heavy atom. The first-order valence-electron chi connectivity index (χ1n) is 8.04. The maximum absolute atomic E-state index is 12.5. The Hall–Kier alpha value is -1.89. The number of hydrogen-bond donors (Lipinski definition) is 2. The third kappa shape index (κ3) is 4.39. The summed E-state index contributed by atoms with van der Waals surface area (Å²) in [5.41, 5.74) is 1.22. The van der Waals surface area contributed by atoms with Crippen molar-refractivity contribution >= 4 is 27.5 Å². The maximum atomic E-state index is 12.5. The van der Waals surface area contributed by atoms with Gasteiger partial charge in [0.25, 0.3) is 5.91 Å². The van der Waals surface area contributed by atoms with Crippen LogP contribution in [0.25, 0.3) is 0 Å². The average Bonchev–Trinajstić information content (AvgIpc) is 3.39. The van der Waals surface area contributed by atoms with Gasteiger partial charge in [0.1, 0.15) is 4.90 Å². The third-order valence-corrected chi connectivity index (χ3v) is 6.03. The van der Waals surface area contributed by atoms with Gasteiger partial charge in [0.05, 0.1) is 11.1 Å². The Labute approximate surface area is 152 Å². The second kappa shape index (κ2) is 7.15. The highest BCUT2D eigenvalue weighted by molar-refractivity contribution is 7.89. The van der Waals surface area contributed by atoms with Crippen molar-refractivity contribution in [2.45, 2.75) is 36.7 Å². The van der Waals surface area contributed by atoms with Crippen LogP contribution in [-0.4, -0.2) is 20.4 Å². The standard InChI is InChI=1S/C18H19ClN2O3S/c1-12(13-5-3-2-4-6-13)20-18(22)14-7-10-16(19)17(11-14)25(23,24)21-15-8-9-15/h2-7,10-12,15,21H,8-9H2,1H3,(H,20,22). The fraction of sp³-hybridized carbons (Fsp3) is 0.278. The van der Waals surface area contributed by atoms with Crippen LogP contribution >= 0.6 is 11.6 Å². The zero-order valence-electron chi connectivity index (χ0n) is 13.7. The van der Waals surface area contributed by atoms with Crippen molar-refractivity contribution < 1.29 is 13.2 Å². The smallest absolute Gasteiger partial charge is 0.251 e. The quantitative estimate of drug-likeness (QED) is 0.810. The highest BCUT2D eigenvalue weighted by atomic mass is 35.5. The van der Waals surface area contributed by atoms with Crippen LogP contribution in [0.5, 0.6) is 0 Å². The summed E-state index contributed by atoms with van der Waals surface area (Å²) in [7, 11) is -3.73. The topological polar surface area (TPSA) is 75.3 Å². The molecule has 0 spiro atoms. The molecule has 5 nitrogen and oxygen atoms in total. The molecular weight excluding hydrogens is 360 g/mol. The fourth-order valence-corrected chi connectivity index (χ4v) is 4.27. The van der Waals surface area contributed by atoms with Gasteiger partial charge in [-0.1, -0.05) is 41.9 Å². The molecule has 3 rings (SSSR count). The lowest BCUT2D eigenvalue weighted by molar-refractivity contribution is 0.0939. The molecule has 2 aromatic carbocycles. The Morgan fingerprint density at radius 2 is 1.84 bits per heavy atom. The highest BCUT2D eigenvalue weighted by Crippen LogP contribution is 2.27. The lowest BCUT2D eigenvalue weighted by Crippen LogP contribution is -2.28. The predicted octanol–water partition coefficient (Wildman–Crippen LogP) is 3.27. The molecule has 0 radical (unpaired) electrons. The number of carbonyl (C=O) groups is 1. The van der Waals surface area contributed by atoms with Gasteiger partial charge in [-0.05, 0) is 43.5 Å². The van der Waals surface area contributed by atoms with E-state index in [-0.39, 0.29) is 33.5 Å². The zero-order chi connectivity index (χ0) is 18.0. The molecule has 0 saturated heterocycles. The molecule has 25 heavy (non-hydrogen) atoms. The van der Waals surface area contributed by atoms with Crippen LogP contribution in [0.1, 0.15) is 41.7 Å². The molecule has 0 aromatic heterocycles. The fourth-order valence-electron chi connectivity index (χ4n) is 2.44. The predicted molar refractivity (Wildman–Crippen MR) is 97.1 cm³/mol. The molecule has 1 saturated carbocycles. The minimum atomic E-state index is -3.73. The van der Waals surface area contributed by atoms with E-state index in [2.05, 4.69) is 10.0 Å². The second-order valence-corrected chi connectivity index (χ2v) is 8.24. The summed E-state index contributed by atoms with van der Waals surface area (Å²) < 4.78 is 27.4. The molecule has 7 heteroatoms. The second-order valence-electron chi connectivity index (χ2n) is 6.15. The molecule has 0 heterocycles. The van der Waals surface area contributed by atoms with Crippen molar-refractivity contribution in [3.8, 4) is 0 Å². The van der Waals surface area contributed by atoms with Gasteiger partial charge in [-0.25, -0.2) is 13.1 Å². The van der Waals surface area contributed by atoms with E-state index in [4.69, 9.17) is 11.6 Å². The maximum Gasteiger partial charge on any atom is 0.251 e. The van der Waals surface area contributed by atoms with Crippen molar-refractivity contribution in [2.24, 2.45) is 0 Å². The van der Waals surface area contributed by atoms with E-state index in [1.54, 1.807) is 0 Å². The number of nitrogens with one attached hydrogen (secondary N) is 2. The van der Waals surface area contributed by atoms with E-state index < -0.39 is 10.0 Å². The summed E-state index contributed by atoms with van der Waals surface area (Å²) >= 11 is 6.04. The van der Waals surface area contributed by atoms with Gasteiger partial charge in [-0.3, -0.25) is 4.79 Å². The van der Waals surface area contributed by atoms with E-state index in [0.29, 0.717) is 0 Å². The molecular formula is C18H19ClN2O3S. The molecule has 0 aliphatic heterocycles. The summed E-state index contributed by atoms with van der Waals surface area (Å²) in [5.74, 6) is -0.351. The largest absolute Gasteiger partial charge is 0.346 e. The molecule has 0 bridgehead atoms. The molecule has 1 fully saturated rings. The molecule has 1 aliphatic rings. The van der Waals surface area contributed by atoms with Gasteiger partial charge in [0, 0.05) is 11.6 Å². The number of benzene rings is 2. The zero-order valence-corrected chi connectivity index (χ0v) is 15.3. The number of rotatable bonds is 6. The van der Waals surface area contributed by atoms with Crippen LogP contribution in [-0.2, 0) is 10.0 Å². The number of hydrogen-bond acceptors (Lipinski definition) is 3. The van der Waals surface area contributed by atoms with Crippen molar-refractivity contribution in [3.63, 3.8) is 0 Å². The van der Waals surface area contributed by atoms with Crippen LogP contribution in [0.3, 0.4) is 0 Å². The van der Waals surface area contributed by atoms with Crippen LogP contribution in [0.4, 0.5) is 0 Å². The summed E-state index contributed by atoms with van der Waals surface area (Å²) in [4.78, 5) is 12.4. The molecule has 2 aromatic rings. The van der Waals surface area contributed by atoms with E-state index in [1.807, 2.05) is 37.3 Å². The summed E-state index contributed by atoms with van der Waals surface area (Å²) in [6.07, 6.45) is 1.65. The molecule has 1 amide bonds. The number of carbonyl (C=O) groups excluding carboxylic acids is 1. The Morgan fingerprint density at radius 3 is 2.48 bits per heavy atom. The van der Waals surface area contributed by atoms with Crippen LogP contribution in [0.15, 0.2) is 53.4 Å². The molecule has 132 valence electrons. The van der Waals surface area contributed by atoms with E-state index >= 15 is 0 Å². The van der Waals surface area contributed by atoms with Crippen LogP contribution in [0.2, 0.25) is 5.02 Å². The van der Waals surface area contributed by atoms with E-state index in [9.17, 15) is 13.2 Å². The van der Waals surface area contributed by atoms with Gasteiger partial charge in [0.2, 0.25) is 10.0 Å². The normalized spacial score (nSPS) is 15.6. The first-order chi connectivity index (χ1) is 11.9. The van der Waals surface area contributed by atoms with E-state index in [1.165, 1.54) is 18.2 Å². The third-order valence-electron chi connectivity index (χ3n) is 4.03. The Kier molecular flexibility index (Phi) is 5.13. The minimum absolute atomic E-state index is 0.0309. The number of halogens is 1. The van der Waals surface area contributed by atoms with Gasteiger partial charge in [-0.2, -0.15) is 0 Å². The Bertz CT molecular complexity index is 880. The minimum Gasteiger partial charge on any atom is -0.346 e. The number of sulfonamides is 1. The lowest BCUT2D eigenvalue weighted by atomic mass is 10.1. The van der Waals surface area contributed by atoms with Gasteiger partial charge in [-0.15, -0.1) is 0 Å². The van der Waals surface area contributed by atoms with Gasteiger partial charge < -0.3 is 5.32 Å². The van der Waals surface area contributed by atoms with Gasteiger partial charge in [0.15, 0.2) is 0 Å². The highest BCUT2D eigenvalue weighted by Gasteiger charge is 2.29. The monoisotopic (exact) mass is 378 g/mol. The Balaban J connectivity index is 1.80. The van der Waals surface area contributed by atoms with Gasteiger partial charge >= 0.3 is 0 Å². The SMILES string of the molecule is CC(NC(=O)c1ccc(Cl)c(S(=O)(=O)NC2CC2)c1)c1ccccc1. The summed E-state index contributed by atoms with van der Waals surface area (Å²) in [5, 5.41) is 2.96. The van der Waals surface area contributed by atoms with Crippen molar-refractivity contribution in [3.05, 3.63) is 64.7 Å². The van der Waals surface area contributed by atoms with Crippen LogP contribution < -0.4 is 10.0 Å².